The summed E-state index contributed by atoms with van der Waals surface area (Å²) >= 11 is 6.04. The van der Waals surface area contributed by atoms with Gasteiger partial charge in [-0.3, -0.25) is 14.5 Å². The van der Waals surface area contributed by atoms with Crippen LogP contribution in [0.4, 0.5) is 17.1 Å². The van der Waals surface area contributed by atoms with Crippen molar-refractivity contribution in [3.05, 3.63) is 41.4 Å². The summed E-state index contributed by atoms with van der Waals surface area (Å²) in [4.78, 5) is 25.7. The fourth-order valence-corrected chi connectivity index (χ4v) is 2.60. The zero-order valence-electron chi connectivity index (χ0n) is 12.2. The van der Waals surface area contributed by atoms with Crippen molar-refractivity contribution < 1.29 is 19.4 Å². The number of ether oxygens (including phenoxy) is 1. The first-order valence-corrected chi connectivity index (χ1v) is 7.17. The summed E-state index contributed by atoms with van der Waals surface area (Å²) in [5.74, 6) is -0.621. The minimum atomic E-state index is -0.406. The van der Waals surface area contributed by atoms with Gasteiger partial charge in [0.2, 0.25) is 11.8 Å². The summed E-state index contributed by atoms with van der Waals surface area (Å²) in [6.45, 7) is 0. The maximum Gasteiger partial charge on any atom is 0.241 e. The van der Waals surface area contributed by atoms with Gasteiger partial charge in [-0.1, -0.05) is 11.6 Å². The second-order valence-corrected chi connectivity index (χ2v) is 5.41. The molecule has 2 aromatic rings. The number of carbonyl (C=O) groups excluding carboxylic acids is 2. The molecule has 6 nitrogen and oxygen atoms in total. The highest BCUT2D eigenvalue weighted by atomic mass is 35.5. The van der Waals surface area contributed by atoms with Crippen LogP contribution >= 0.6 is 11.6 Å². The predicted molar refractivity (Wildman–Crippen MR) is 86.5 cm³/mol. The molecule has 0 atom stereocenters. The molecule has 2 N–H and O–H groups in total. The molecule has 118 valence electrons. The van der Waals surface area contributed by atoms with Crippen LogP contribution < -0.4 is 15.0 Å². The van der Waals surface area contributed by atoms with Crippen LogP contribution in [0.25, 0.3) is 0 Å². The van der Waals surface area contributed by atoms with E-state index in [1.54, 1.807) is 24.3 Å². The van der Waals surface area contributed by atoms with E-state index < -0.39 is 11.8 Å². The molecule has 1 aliphatic heterocycles. The molecule has 0 bridgehead atoms. The van der Waals surface area contributed by atoms with Crippen LogP contribution in [0, 0.1) is 0 Å². The number of hydrogen-bond donors (Lipinski definition) is 2. The first-order valence-electron chi connectivity index (χ1n) is 6.79. The van der Waals surface area contributed by atoms with Crippen molar-refractivity contribution in [1.82, 2.24) is 0 Å². The lowest BCUT2D eigenvalue weighted by atomic mass is 10.2. The van der Waals surface area contributed by atoms with Gasteiger partial charge in [0.1, 0.15) is 6.42 Å². The highest BCUT2D eigenvalue weighted by Gasteiger charge is 2.28. The van der Waals surface area contributed by atoms with Gasteiger partial charge in [-0.25, -0.2) is 0 Å². The monoisotopic (exact) mass is 332 g/mol. The molecular weight excluding hydrogens is 320 g/mol. The molecule has 0 fully saturated rings. The van der Waals surface area contributed by atoms with Crippen LogP contribution in [-0.2, 0) is 9.59 Å². The molecule has 3 rings (SSSR count). The summed E-state index contributed by atoms with van der Waals surface area (Å²) in [5, 5.41) is 12.8. The first kappa shape index (κ1) is 15.2. The number of amides is 2. The maximum atomic E-state index is 12.5. The number of hydrogen-bond acceptors (Lipinski definition) is 4. The van der Waals surface area contributed by atoms with Gasteiger partial charge in [0, 0.05) is 11.1 Å². The zero-order chi connectivity index (χ0) is 16.6. The standard InChI is InChI=1S/C16H13ClN2O4/c1-23-14-7-10(3-5-13(14)20)19-12-6-9(17)2-4-11(12)18-15(21)8-16(19)22/h2-7,20H,8H2,1H3,(H,18,21). The van der Waals surface area contributed by atoms with E-state index in [1.807, 2.05) is 0 Å². The Morgan fingerprint density at radius 1 is 1.22 bits per heavy atom. The maximum absolute atomic E-state index is 12.5. The highest BCUT2D eigenvalue weighted by Crippen LogP contribution is 2.39. The number of carbonyl (C=O) groups is 2. The number of phenols is 1. The summed E-state index contributed by atoms with van der Waals surface area (Å²) < 4.78 is 5.08. The van der Waals surface area contributed by atoms with Gasteiger partial charge in [-0.2, -0.15) is 0 Å². The number of halogens is 1. The molecule has 0 spiro atoms. The Labute approximate surface area is 137 Å². The second-order valence-electron chi connectivity index (χ2n) is 4.97. The number of fused-ring (bicyclic) bond motifs is 1. The molecule has 1 heterocycles. The Balaban J connectivity index is 2.19. The summed E-state index contributed by atoms with van der Waals surface area (Å²) in [5.41, 5.74) is 1.41. The normalized spacial score (nSPS) is 14.1. The molecular formula is C16H13ClN2O4. The van der Waals surface area contributed by atoms with E-state index in [4.69, 9.17) is 16.3 Å². The van der Waals surface area contributed by atoms with Gasteiger partial charge in [-0.05, 0) is 30.3 Å². The van der Waals surface area contributed by atoms with Crippen molar-refractivity contribution in [2.75, 3.05) is 17.3 Å². The van der Waals surface area contributed by atoms with Crippen molar-refractivity contribution >= 4 is 40.5 Å². The van der Waals surface area contributed by atoms with E-state index in [0.29, 0.717) is 22.1 Å². The van der Waals surface area contributed by atoms with E-state index in [2.05, 4.69) is 5.32 Å². The lowest BCUT2D eigenvalue weighted by molar-refractivity contribution is -0.124. The zero-order valence-corrected chi connectivity index (χ0v) is 12.9. The van der Waals surface area contributed by atoms with Crippen LogP contribution in [0.15, 0.2) is 36.4 Å². The molecule has 1 aliphatic rings. The molecule has 0 radical (unpaired) electrons. The highest BCUT2D eigenvalue weighted by molar-refractivity contribution is 6.31. The Kier molecular flexibility index (Phi) is 3.83. The number of aromatic hydroxyl groups is 1. The Morgan fingerprint density at radius 2 is 2.00 bits per heavy atom. The third-order valence-corrected chi connectivity index (χ3v) is 3.69. The van der Waals surface area contributed by atoms with Crippen molar-refractivity contribution in [3.63, 3.8) is 0 Å². The number of anilines is 3. The van der Waals surface area contributed by atoms with Crippen molar-refractivity contribution in [2.24, 2.45) is 0 Å². The molecule has 0 aromatic heterocycles. The molecule has 2 aromatic carbocycles. The smallest absolute Gasteiger partial charge is 0.241 e. The first-order chi connectivity index (χ1) is 11.0. The van der Waals surface area contributed by atoms with Crippen LogP contribution in [0.3, 0.4) is 0 Å². The average Bonchev–Trinajstić information content (AvgIpc) is 2.63. The Hall–Kier alpha value is -2.73. The van der Waals surface area contributed by atoms with Gasteiger partial charge < -0.3 is 15.2 Å². The molecule has 2 amide bonds. The summed E-state index contributed by atoms with van der Waals surface area (Å²) in [6.07, 6.45) is -0.296. The van der Waals surface area contributed by atoms with E-state index >= 15 is 0 Å². The molecule has 7 heteroatoms. The van der Waals surface area contributed by atoms with Gasteiger partial charge in [0.25, 0.3) is 0 Å². The number of phenolic OH excluding ortho intramolecular Hbond substituents is 1. The predicted octanol–water partition coefficient (Wildman–Crippen LogP) is 3.06. The third kappa shape index (κ3) is 2.80. The number of methoxy groups -OCH3 is 1. The fourth-order valence-electron chi connectivity index (χ4n) is 2.43. The second kappa shape index (κ2) is 5.81. The average molecular weight is 333 g/mol. The van der Waals surface area contributed by atoms with Crippen LogP contribution in [0.5, 0.6) is 11.5 Å². The number of benzene rings is 2. The van der Waals surface area contributed by atoms with E-state index in [-0.39, 0.29) is 17.9 Å². The summed E-state index contributed by atoms with van der Waals surface area (Å²) in [7, 11) is 1.42. The van der Waals surface area contributed by atoms with Gasteiger partial charge in [0.15, 0.2) is 11.5 Å². The van der Waals surface area contributed by atoms with Crippen LogP contribution in [-0.4, -0.2) is 24.0 Å². The van der Waals surface area contributed by atoms with Gasteiger partial charge in [-0.15, -0.1) is 0 Å². The minimum Gasteiger partial charge on any atom is -0.504 e. The molecule has 23 heavy (non-hydrogen) atoms. The van der Waals surface area contributed by atoms with E-state index in [0.717, 1.165) is 0 Å². The van der Waals surface area contributed by atoms with Crippen molar-refractivity contribution in [1.29, 1.82) is 0 Å². The molecule has 0 unspecified atom stereocenters. The lowest BCUT2D eigenvalue weighted by Gasteiger charge is -2.23. The quantitative estimate of drug-likeness (QED) is 0.828. The lowest BCUT2D eigenvalue weighted by Crippen LogP contribution is -2.26. The van der Waals surface area contributed by atoms with Gasteiger partial charge >= 0.3 is 0 Å². The summed E-state index contributed by atoms with van der Waals surface area (Å²) in [6, 6.07) is 9.38. The van der Waals surface area contributed by atoms with Crippen LogP contribution in [0.2, 0.25) is 5.02 Å². The van der Waals surface area contributed by atoms with E-state index in [9.17, 15) is 14.7 Å². The van der Waals surface area contributed by atoms with Crippen LogP contribution in [0.1, 0.15) is 6.42 Å². The topological polar surface area (TPSA) is 78.9 Å². The minimum absolute atomic E-state index is 0.0426. The third-order valence-electron chi connectivity index (χ3n) is 3.46. The number of nitrogens with zero attached hydrogens (tertiary/aromatic N) is 1. The largest absolute Gasteiger partial charge is 0.504 e. The molecule has 0 saturated carbocycles. The van der Waals surface area contributed by atoms with Crippen molar-refractivity contribution in [2.45, 2.75) is 6.42 Å². The number of rotatable bonds is 2. The van der Waals surface area contributed by atoms with E-state index in [1.165, 1.54) is 24.1 Å². The SMILES string of the molecule is COc1cc(N2C(=O)CC(=O)Nc3ccc(Cl)cc32)ccc1O. The Bertz CT molecular complexity index is 807. The Morgan fingerprint density at radius 3 is 2.74 bits per heavy atom. The molecule has 0 aliphatic carbocycles. The fraction of sp³-hybridized carbons (Fsp3) is 0.125. The van der Waals surface area contributed by atoms with Crippen molar-refractivity contribution in [3.8, 4) is 11.5 Å². The molecule has 0 saturated heterocycles. The van der Waals surface area contributed by atoms with Gasteiger partial charge in [0.05, 0.1) is 24.2 Å². The number of nitrogens with one attached hydrogen (secondary N) is 1.